The van der Waals surface area contributed by atoms with Gasteiger partial charge in [0.2, 0.25) is 0 Å². The third kappa shape index (κ3) is 3.59. The number of halogens is 1. The minimum absolute atomic E-state index is 0.173. The first-order chi connectivity index (χ1) is 10.5. The molecule has 2 rings (SSSR count). The highest BCUT2D eigenvalue weighted by Gasteiger charge is 2.13. The van der Waals surface area contributed by atoms with Crippen molar-refractivity contribution in [3.8, 4) is 17.2 Å². The molecule has 0 bridgehead atoms. The Morgan fingerprint density at radius 2 is 1.68 bits per heavy atom. The van der Waals surface area contributed by atoms with Gasteiger partial charge in [0.1, 0.15) is 5.75 Å². The van der Waals surface area contributed by atoms with Gasteiger partial charge in [-0.25, -0.2) is 0 Å². The number of ether oxygens (including phenoxy) is 2. The molecular formula is C17H15ClO4. The summed E-state index contributed by atoms with van der Waals surface area (Å²) in [7, 11) is 2.99. The molecule has 2 aromatic rings. The lowest BCUT2D eigenvalue weighted by Gasteiger charge is -2.10. The summed E-state index contributed by atoms with van der Waals surface area (Å²) in [6.45, 7) is 0. The number of methoxy groups -OCH3 is 2. The fourth-order valence-corrected chi connectivity index (χ4v) is 2.14. The van der Waals surface area contributed by atoms with E-state index in [1.54, 1.807) is 42.5 Å². The van der Waals surface area contributed by atoms with Gasteiger partial charge in [0.15, 0.2) is 17.3 Å². The number of phenols is 1. The molecule has 0 fully saturated rings. The maximum atomic E-state index is 12.3. The number of hydrogen-bond acceptors (Lipinski definition) is 4. The predicted molar refractivity (Wildman–Crippen MR) is 86.0 cm³/mol. The van der Waals surface area contributed by atoms with Crippen molar-refractivity contribution >= 4 is 23.5 Å². The molecule has 0 aliphatic carbocycles. The monoisotopic (exact) mass is 318 g/mol. The van der Waals surface area contributed by atoms with Crippen LogP contribution in [0.15, 0.2) is 42.5 Å². The summed E-state index contributed by atoms with van der Waals surface area (Å²) < 4.78 is 10.3. The number of rotatable bonds is 5. The van der Waals surface area contributed by atoms with Gasteiger partial charge in [-0.05, 0) is 29.8 Å². The Bertz CT molecular complexity index is 705. The number of allylic oxidation sites excluding steroid dienone is 1. The van der Waals surface area contributed by atoms with Crippen LogP contribution in [0.5, 0.6) is 17.2 Å². The summed E-state index contributed by atoms with van der Waals surface area (Å²) >= 11 is 6.11. The van der Waals surface area contributed by atoms with E-state index in [0.717, 1.165) is 5.56 Å². The first-order valence-corrected chi connectivity index (χ1v) is 6.86. The second-order valence-corrected chi connectivity index (χ2v) is 4.88. The maximum absolute atomic E-state index is 12.3. The second kappa shape index (κ2) is 7.00. The van der Waals surface area contributed by atoms with Gasteiger partial charge < -0.3 is 14.6 Å². The lowest BCUT2D eigenvalue weighted by molar-refractivity contribution is 0.104. The van der Waals surface area contributed by atoms with E-state index >= 15 is 0 Å². The molecular weight excluding hydrogens is 304 g/mol. The molecule has 4 nitrogen and oxygen atoms in total. The predicted octanol–water partition coefficient (Wildman–Crippen LogP) is 3.96. The van der Waals surface area contributed by atoms with Crippen molar-refractivity contribution in [2.75, 3.05) is 14.2 Å². The number of aromatic hydroxyl groups is 1. The molecule has 0 saturated heterocycles. The zero-order valence-corrected chi connectivity index (χ0v) is 12.9. The van der Waals surface area contributed by atoms with Crippen LogP contribution in [0.2, 0.25) is 5.02 Å². The second-order valence-electron chi connectivity index (χ2n) is 4.48. The molecule has 0 radical (unpaired) electrons. The molecule has 0 aliphatic heterocycles. The average Bonchev–Trinajstić information content (AvgIpc) is 2.53. The molecule has 0 aliphatic rings. The van der Waals surface area contributed by atoms with Crippen LogP contribution < -0.4 is 9.47 Å². The summed E-state index contributed by atoms with van der Waals surface area (Å²) in [5.41, 5.74) is 1.12. The number of benzene rings is 2. The molecule has 0 unspecified atom stereocenters. The Labute approximate surface area is 133 Å². The quantitative estimate of drug-likeness (QED) is 0.669. The topological polar surface area (TPSA) is 55.8 Å². The third-order valence-electron chi connectivity index (χ3n) is 3.06. The number of carbonyl (C=O) groups is 1. The molecule has 22 heavy (non-hydrogen) atoms. The highest BCUT2D eigenvalue weighted by molar-refractivity contribution is 6.35. The maximum Gasteiger partial charge on any atom is 0.187 e. The molecule has 1 N–H and O–H groups in total. The lowest BCUT2D eigenvalue weighted by atomic mass is 10.1. The van der Waals surface area contributed by atoms with Crippen molar-refractivity contribution in [1.29, 1.82) is 0 Å². The van der Waals surface area contributed by atoms with E-state index in [1.807, 2.05) is 0 Å². The SMILES string of the molecule is COc1cc(Cl)c(C(=O)/C=C/c2ccc(O)cc2)cc1OC. The molecule has 0 aromatic heterocycles. The van der Waals surface area contributed by atoms with Gasteiger partial charge in [-0.2, -0.15) is 0 Å². The van der Waals surface area contributed by atoms with Gasteiger partial charge in [-0.15, -0.1) is 0 Å². The summed E-state index contributed by atoms with van der Waals surface area (Å²) in [6.07, 6.45) is 3.06. The van der Waals surface area contributed by atoms with E-state index < -0.39 is 0 Å². The number of phenolic OH excluding ortho intramolecular Hbond substituents is 1. The first kappa shape index (κ1) is 15.9. The van der Waals surface area contributed by atoms with Crippen LogP contribution in [0.1, 0.15) is 15.9 Å². The summed E-state index contributed by atoms with van der Waals surface area (Å²) in [4.78, 5) is 12.3. The Hall–Kier alpha value is -2.46. The van der Waals surface area contributed by atoms with Crippen LogP contribution in [-0.4, -0.2) is 25.1 Å². The molecule has 0 saturated carbocycles. The van der Waals surface area contributed by atoms with Crippen LogP contribution in [0.4, 0.5) is 0 Å². The fraction of sp³-hybridized carbons (Fsp3) is 0.118. The smallest absolute Gasteiger partial charge is 0.187 e. The molecule has 0 heterocycles. The Balaban J connectivity index is 2.27. The molecule has 114 valence electrons. The molecule has 0 spiro atoms. The molecule has 5 heteroatoms. The normalized spacial score (nSPS) is 10.7. The highest BCUT2D eigenvalue weighted by Crippen LogP contribution is 2.33. The number of ketones is 1. The molecule has 2 aromatic carbocycles. The van der Waals surface area contributed by atoms with Gasteiger partial charge in [0, 0.05) is 11.6 Å². The Morgan fingerprint density at radius 1 is 1.09 bits per heavy atom. The molecule has 0 atom stereocenters. The van der Waals surface area contributed by atoms with E-state index in [1.165, 1.54) is 20.3 Å². The Kier molecular flexibility index (Phi) is 5.07. The zero-order valence-electron chi connectivity index (χ0n) is 12.2. The lowest BCUT2D eigenvalue weighted by Crippen LogP contribution is -1.99. The van der Waals surface area contributed by atoms with E-state index in [4.69, 9.17) is 21.1 Å². The van der Waals surface area contributed by atoms with E-state index in [2.05, 4.69) is 0 Å². The van der Waals surface area contributed by atoms with Gasteiger partial charge in [-0.3, -0.25) is 4.79 Å². The average molecular weight is 319 g/mol. The van der Waals surface area contributed by atoms with Crippen molar-refractivity contribution in [3.05, 3.63) is 58.6 Å². The number of carbonyl (C=O) groups excluding carboxylic acids is 1. The van der Waals surface area contributed by atoms with Gasteiger partial charge in [-0.1, -0.05) is 29.8 Å². The minimum atomic E-state index is -0.251. The van der Waals surface area contributed by atoms with Crippen molar-refractivity contribution in [2.45, 2.75) is 0 Å². The van der Waals surface area contributed by atoms with Gasteiger partial charge in [0.05, 0.1) is 19.2 Å². The first-order valence-electron chi connectivity index (χ1n) is 6.48. The van der Waals surface area contributed by atoms with Crippen LogP contribution in [0, 0.1) is 0 Å². The fourth-order valence-electron chi connectivity index (χ4n) is 1.89. The van der Waals surface area contributed by atoms with Crippen molar-refractivity contribution < 1.29 is 19.4 Å². The summed E-state index contributed by atoms with van der Waals surface area (Å²) in [5, 5.41) is 9.51. The van der Waals surface area contributed by atoms with E-state index in [0.29, 0.717) is 17.1 Å². The standard InChI is InChI=1S/C17H15ClO4/c1-21-16-9-13(14(18)10-17(16)22-2)15(20)8-5-11-3-6-12(19)7-4-11/h3-10,19H,1-2H3/b8-5+. The zero-order chi connectivity index (χ0) is 16.1. The highest BCUT2D eigenvalue weighted by atomic mass is 35.5. The van der Waals surface area contributed by atoms with Crippen LogP contribution in [0.25, 0.3) is 6.08 Å². The van der Waals surface area contributed by atoms with Gasteiger partial charge in [0.25, 0.3) is 0 Å². The van der Waals surface area contributed by atoms with Crippen molar-refractivity contribution in [2.24, 2.45) is 0 Å². The van der Waals surface area contributed by atoms with Crippen molar-refractivity contribution in [3.63, 3.8) is 0 Å². The summed E-state index contributed by atoms with van der Waals surface area (Å²) in [5.74, 6) is 0.824. The molecule has 0 amide bonds. The number of hydrogen-bond donors (Lipinski definition) is 1. The largest absolute Gasteiger partial charge is 0.508 e. The van der Waals surface area contributed by atoms with E-state index in [-0.39, 0.29) is 16.6 Å². The van der Waals surface area contributed by atoms with Crippen LogP contribution in [0.3, 0.4) is 0 Å². The third-order valence-corrected chi connectivity index (χ3v) is 3.37. The van der Waals surface area contributed by atoms with Crippen LogP contribution in [-0.2, 0) is 0 Å². The minimum Gasteiger partial charge on any atom is -0.508 e. The van der Waals surface area contributed by atoms with Gasteiger partial charge >= 0.3 is 0 Å². The van der Waals surface area contributed by atoms with Crippen molar-refractivity contribution in [1.82, 2.24) is 0 Å². The van der Waals surface area contributed by atoms with Crippen LogP contribution >= 0.6 is 11.6 Å². The Morgan fingerprint density at radius 3 is 2.27 bits per heavy atom. The van der Waals surface area contributed by atoms with E-state index in [9.17, 15) is 9.90 Å². The summed E-state index contributed by atoms with van der Waals surface area (Å²) in [6, 6.07) is 9.60.